The van der Waals surface area contributed by atoms with E-state index in [-0.39, 0.29) is 30.9 Å². The highest BCUT2D eigenvalue weighted by Gasteiger charge is 2.32. The van der Waals surface area contributed by atoms with Crippen molar-refractivity contribution in [2.45, 2.75) is 52.7 Å². The van der Waals surface area contributed by atoms with Gasteiger partial charge in [-0.25, -0.2) is 0 Å². The number of ether oxygens (including phenoxy) is 1. The first-order valence-corrected chi connectivity index (χ1v) is 6.34. The Morgan fingerprint density at radius 1 is 1.33 bits per heavy atom. The molecule has 0 bridgehead atoms. The van der Waals surface area contributed by atoms with Crippen LogP contribution in [0.3, 0.4) is 0 Å². The molecule has 0 saturated carbocycles. The molecular formula is C13H23NO4. The highest BCUT2D eigenvalue weighted by atomic mass is 16.5. The van der Waals surface area contributed by atoms with Crippen molar-refractivity contribution >= 4 is 11.9 Å². The van der Waals surface area contributed by atoms with Gasteiger partial charge in [0, 0.05) is 13.0 Å². The molecule has 104 valence electrons. The molecule has 1 amide bonds. The van der Waals surface area contributed by atoms with Crippen molar-refractivity contribution in [1.82, 2.24) is 4.90 Å². The predicted octanol–water partition coefficient (Wildman–Crippen LogP) is 1.51. The molecular weight excluding hydrogens is 234 g/mol. The van der Waals surface area contributed by atoms with E-state index in [1.165, 1.54) is 0 Å². The van der Waals surface area contributed by atoms with Gasteiger partial charge < -0.3 is 14.7 Å². The second-order valence-electron chi connectivity index (χ2n) is 5.95. The van der Waals surface area contributed by atoms with Crippen molar-refractivity contribution in [2.75, 3.05) is 13.2 Å². The number of carboxylic acids is 1. The zero-order chi connectivity index (χ0) is 13.9. The maximum atomic E-state index is 12.2. The first-order valence-electron chi connectivity index (χ1n) is 6.34. The van der Waals surface area contributed by atoms with Crippen molar-refractivity contribution in [3.05, 3.63) is 0 Å². The van der Waals surface area contributed by atoms with Crippen LogP contribution in [0, 0.1) is 5.41 Å². The van der Waals surface area contributed by atoms with Crippen molar-refractivity contribution in [3.63, 3.8) is 0 Å². The zero-order valence-electron chi connectivity index (χ0n) is 11.6. The number of carbonyl (C=O) groups excluding carboxylic acids is 1. The molecule has 0 aromatic heterocycles. The van der Waals surface area contributed by atoms with Crippen molar-refractivity contribution < 1.29 is 19.4 Å². The number of hydrogen-bond donors (Lipinski definition) is 1. The van der Waals surface area contributed by atoms with E-state index in [9.17, 15) is 9.59 Å². The minimum Gasteiger partial charge on any atom is -0.481 e. The van der Waals surface area contributed by atoms with Crippen LogP contribution in [0.25, 0.3) is 0 Å². The Kier molecular flexibility index (Phi) is 4.73. The number of aliphatic carboxylic acids is 1. The molecule has 1 fully saturated rings. The molecule has 18 heavy (non-hydrogen) atoms. The van der Waals surface area contributed by atoms with E-state index in [0.29, 0.717) is 13.2 Å². The average molecular weight is 257 g/mol. The van der Waals surface area contributed by atoms with Crippen LogP contribution in [-0.4, -0.2) is 47.2 Å². The Hall–Kier alpha value is -1.10. The summed E-state index contributed by atoms with van der Waals surface area (Å²) in [6.07, 6.45) is 0.316. The van der Waals surface area contributed by atoms with Crippen LogP contribution in [0.1, 0.15) is 40.5 Å². The number of rotatable bonds is 4. The highest BCUT2D eigenvalue weighted by Crippen LogP contribution is 2.27. The second-order valence-corrected chi connectivity index (χ2v) is 5.95. The van der Waals surface area contributed by atoms with Crippen molar-refractivity contribution in [3.8, 4) is 0 Å². The molecule has 2 atom stereocenters. The fourth-order valence-corrected chi connectivity index (χ4v) is 2.23. The summed E-state index contributed by atoms with van der Waals surface area (Å²) in [5, 5.41) is 8.82. The maximum Gasteiger partial charge on any atom is 0.303 e. The summed E-state index contributed by atoms with van der Waals surface area (Å²) in [6, 6.07) is 0.0642. The SMILES string of the molecule is C[C@@H]1CN(C(=O)CC(C)(C)CC(=O)O)[C@@H](C)CO1. The van der Waals surface area contributed by atoms with Crippen LogP contribution >= 0.6 is 0 Å². The van der Waals surface area contributed by atoms with Crippen LogP contribution in [0.2, 0.25) is 0 Å². The summed E-state index contributed by atoms with van der Waals surface area (Å²) < 4.78 is 5.48. The molecule has 1 N–H and O–H groups in total. The number of morpholine rings is 1. The van der Waals surface area contributed by atoms with Gasteiger partial charge in [-0.1, -0.05) is 13.8 Å². The van der Waals surface area contributed by atoms with E-state index < -0.39 is 11.4 Å². The Bertz CT molecular complexity index is 327. The summed E-state index contributed by atoms with van der Waals surface area (Å²) in [5.41, 5.74) is -0.510. The van der Waals surface area contributed by atoms with Gasteiger partial charge in [0.1, 0.15) is 0 Å². The van der Waals surface area contributed by atoms with Gasteiger partial charge in [-0.3, -0.25) is 9.59 Å². The summed E-state index contributed by atoms with van der Waals surface area (Å²) in [7, 11) is 0. The van der Waals surface area contributed by atoms with Crippen molar-refractivity contribution in [1.29, 1.82) is 0 Å². The lowest BCUT2D eigenvalue weighted by Crippen LogP contribution is -2.51. The van der Waals surface area contributed by atoms with Crippen LogP contribution in [0.15, 0.2) is 0 Å². The van der Waals surface area contributed by atoms with Crippen molar-refractivity contribution in [2.24, 2.45) is 5.41 Å². The third-order valence-corrected chi connectivity index (χ3v) is 3.19. The molecule has 0 unspecified atom stereocenters. The standard InChI is InChI=1S/C13H23NO4/c1-9-8-18-10(2)7-14(9)11(15)5-13(3,4)6-12(16)17/h9-10H,5-8H2,1-4H3,(H,16,17)/t9-,10+/m0/s1. The first-order chi connectivity index (χ1) is 8.21. The van der Waals surface area contributed by atoms with Crippen LogP contribution in [0.5, 0.6) is 0 Å². The van der Waals surface area contributed by atoms with E-state index in [2.05, 4.69) is 0 Å². The summed E-state index contributed by atoms with van der Waals surface area (Å²) in [4.78, 5) is 24.8. The minimum absolute atomic E-state index is 0.00696. The average Bonchev–Trinajstić information content (AvgIpc) is 2.18. The van der Waals surface area contributed by atoms with Gasteiger partial charge in [0.15, 0.2) is 0 Å². The third-order valence-electron chi connectivity index (χ3n) is 3.19. The number of amides is 1. The molecule has 0 aliphatic carbocycles. The highest BCUT2D eigenvalue weighted by molar-refractivity contribution is 5.78. The summed E-state index contributed by atoms with van der Waals surface area (Å²) in [6.45, 7) is 8.65. The molecule has 0 spiro atoms. The quantitative estimate of drug-likeness (QED) is 0.829. The summed E-state index contributed by atoms with van der Waals surface area (Å²) in [5.74, 6) is -0.847. The van der Waals surface area contributed by atoms with Gasteiger partial charge in [-0.15, -0.1) is 0 Å². The number of hydrogen-bond acceptors (Lipinski definition) is 3. The Balaban J connectivity index is 2.61. The lowest BCUT2D eigenvalue weighted by molar-refractivity contribution is -0.146. The van der Waals surface area contributed by atoms with Crippen LogP contribution in [0.4, 0.5) is 0 Å². The predicted molar refractivity (Wildman–Crippen MR) is 67.2 cm³/mol. The number of nitrogens with zero attached hydrogens (tertiary/aromatic N) is 1. The van der Waals surface area contributed by atoms with E-state index in [1.54, 1.807) is 4.90 Å². The van der Waals surface area contributed by atoms with Crippen LogP contribution < -0.4 is 0 Å². The first kappa shape index (κ1) is 15.0. The van der Waals surface area contributed by atoms with Gasteiger partial charge in [0.05, 0.1) is 25.2 Å². The molecule has 1 saturated heterocycles. The van der Waals surface area contributed by atoms with Gasteiger partial charge in [-0.2, -0.15) is 0 Å². The van der Waals surface area contributed by atoms with E-state index in [0.717, 1.165) is 0 Å². The molecule has 1 aliphatic rings. The molecule has 5 heteroatoms. The topological polar surface area (TPSA) is 66.8 Å². The largest absolute Gasteiger partial charge is 0.481 e. The van der Waals surface area contributed by atoms with E-state index in [1.807, 2.05) is 27.7 Å². The Morgan fingerprint density at radius 3 is 2.50 bits per heavy atom. The molecule has 0 radical (unpaired) electrons. The minimum atomic E-state index is -0.865. The van der Waals surface area contributed by atoms with Gasteiger partial charge in [0.25, 0.3) is 0 Å². The van der Waals surface area contributed by atoms with E-state index >= 15 is 0 Å². The number of carboxylic acid groups (broad SMARTS) is 1. The van der Waals surface area contributed by atoms with Gasteiger partial charge >= 0.3 is 5.97 Å². The Morgan fingerprint density at radius 2 is 1.94 bits per heavy atom. The zero-order valence-corrected chi connectivity index (χ0v) is 11.6. The lowest BCUT2D eigenvalue weighted by atomic mass is 9.85. The Labute approximate surface area is 108 Å². The normalized spacial score (nSPS) is 25.0. The monoisotopic (exact) mass is 257 g/mol. The molecule has 1 rings (SSSR count). The molecule has 0 aromatic carbocycles. The lowest BCUT2D eigenvalue weighted by Gasteiger charge is -2.38. The number of carbonyl (C=O) groups is 2. The fourth-order valence-electron chi connectivity index (χ4n) is 2.23. The fraction of sp³-hybridized carbons (Fsp3) is 0.846. The van der Waals surface area contributed by atoms with Crippen LogP contribution in [-0.2, 0) is 14.3 Å². The molecule has 1 heterocycles. The molecule has 0 aromatic rings. The smallest absolute Gasteiger partial charge is 0.303 e. The maximum absolute atomic E-state index is 12.2. The molecule has 5 nitrogen and oxygen atoms in total. The molecule has 1 aliphatic heterocycles. The third kappa shape index (κ3) is 4.29. The van der Waals surface area contributed by atoms with Gasteiger partial charge in [-0.05, 0) is 19.3 Å². The second kappa shape index (κ2) is 5.69. The van der Waals surface area contributed by atoms with E-state index in [4.69, 9.17) is 9.84 Å². The summed E-state index contributed by atoms with van der Waals surface area (Å²) >= 11 is 0. The van der Waals surface area contributed by atoms with Gasteiger partial charge in [0.2, 0.25) is 5.91 Å².